The third kappa shape index (κ3) is 7.70. The van der Waals surface area contributed by atoms with Crippen LogP contribution in [0, 0.1) is 28.6 Å². The monoisotopic (exact) mass is 431 g/mol. The Morgan fingerprint density at radius 2 is 1.31 bits per heavy atom. The Hall–Kier alpha value is 0.230. The van der Waals surface area contributed by atoms with E-state index in [4.69, 9.17) is 9.47 Å². The highest BCUT2D eigenvalue weighted by Gasteiger charge is 2.54. The Morgan fingerprint density at radius 1 is 0.828 bits per heavy atom. The predicted octanol–water partition coefficient (Wildman–Crippen LogP) is 7.16. The second-order valence-corrected chi connectivity index (χ2v) is 12.6. The summed E-state index contributed by atoms with van der Waals surface area (Å²) in [7, 11) is 3.70. The van der Waals surface area contributed by atoms with Gasteiger partial charge in [0.2, 0.25) is 0 Å². The van der Waals surface area contributed by atoms with E-state index in [1.54, 1.807) is 0 Å². The van der Waals surface area contributed by atoms with Gasteiger partial charge in [0.15, 0.2) is 0 Å². The number of hydrogen-bond donors (Lipinski definition) is 2. The molecular formula is C25H53NO2S. The highest BCUT2D eigenvalue weighted by molar-refractivity contribution is 7.78. The van der Waals surface area contributed by atoms with Crippen molar-refractivity contribution in [3.63, 3.8) is 0 Å². The van der Waals surface area contributed by atoms with Crippen molar-refractivity contribution in [2.75, 3.05) is 14.2 Å². The standard InChI is InChI=1S/C25H53NO2S/c1-15-25(12,17-23(8,9)27-13)20(19(18(2)3)24(10,11)28-14)21(4,5)16-22(6,7)26-29/h18-20,26,29H,15-17H2,1-14H3. The lowest BCUT2D eigenvalue weighted by Gasteiger charge is -2.57. The van der Waals surface area contributed by atoms with Gasteiger partial charge in [-0.15, -0.1) is 0 Å². The van der Waals surface area contributed by atoms with Crippen LogP contribution in [0.1, 0.15) is 102 Å². The average molecular weight is 432 g/mol. The lowest BCUT2D eigenvalue weighted by atomic mass is 9.50. The maximum absolute atomic E-state index is 6.13. The summed E-state index contributed by atoms with van der Waals surface area (Å²) in [5.74, 6) is 1.33. The fourth-order valence-corrected chi connectivity index (χ4v) is 6.46. The van der Waals surface area contributed by atoms with Crippen molar-refractivity contribution < 1.29 is 9.47 Å². The Kier molecular flexibility index (Phi) is 10.3. The van der Waals surface area contributed by atoms with Crippen molar-refractivity contribution in [2.24, 2.45) is 28.6 Å². The zero-order valence-electron chi connectivity index (χ0n) is 22.1. The van der Waals surface area contributed by atoms with Gasteiger partial charge in [-0.1, -0.05) is 60.8 Å². The van der Waals surface area contributed by atoms with E-state index in [-0.39, 0.29) is 27.6 Å². The van der Waals surface area contributed by atoms with Crippen LogP contribution in [0.3, 0.4) is 0 Å². The minimum absolute atomic E-state index is 0.0605. The highest BCUT2D eigenvalue weighted by atomic mass is 32.1. The van der Waals surface area contributed by atoms with Gasteiger partial charge in [-0.25, -0.2) is 0 Å². The van der Waals surface area contributed by atoms with Crippen molar-refractivity contribution in [1.29, 1.82) is 0 Å². The molecule has 0 aliphatic carbocycles. The molecule has 4 heteroatoms. The third-order valence-electron chi connectivity index (χ3n) is 7.39. The molecule has 0 spiro atoms. The van der Waals surface area contributed by atoms with Gasteiger partial charge in [-0.05, 0) is 83.0 Å². The van der Waals surface area contributed by atoms with Gasteiger partial charge >= 0.3 is 0 Å². The first-order valence-corrected chi connectivity index (χ1v) is 11.8. The summed E-state index contributed by atoms with van der Waals surface area (Å²) in [5.41, 5.74) is -0.286. The normalized spacial score (nSPS) is 18.6. The first kappa shape index (κ1) is 29.2. The van der Waals surface area contributed by atoms with Crippen LogP contribution in [0.25, 0.3) is 0 Å². The number of nitrogens with one attached hydrogen (secondary N) is 1. The maximum Gasteiger partial charge on any atom is 0.0656 e. The number of hydrogen-bond acceptors (Lipinski definition) is 4. The van der Waals surface area contributed by atoms with Gasteiger partial charge in [0.25, 0.3) is 0 Å². The van der Waals surface area contributed by atoms with Gasteiger partial charge in [-0.3, -0.25) is 4.72 Å². The van der Waals surface area contributed by atoms with Crippen LogP contribution in [-0.4, -0.2) is 31.0 Å². The van der Waals surface area contributed by atoms with Crippen molar-refractivity contribution in [2.45, 2.75) is 119 Å². The molecule has 176 valence electrons. The van der Waals surface area contributed by atoms with E-state index in [0.717, 1.165) is 19.3 Å². The minimum atomic E-state index is -0.220. The smallest absolute Gasteiger partial charge is 0.0656 e. The van der Waals surface area contributed by atoms with Crippen LogP contribution in [0.2, 0.25) is 0 Å². The first-order chi connectivity index (χ1) is 12.8. The highest BCUT2D eigenvalue weighted by Crippen LogP contribution is 2.57. The van der Waals surface area contributed by atoms with Crippen molar-refractivity contribution in [3.05, 3.63) is 0 Å². The van der Waals surface area contributed by atoms with Crippen molar-refractivity contribution in [1.82, 2.24) is 4.72 Å². The third-order valence-corrected chi connectivity index (χ3v) is 7.99. The molecule has 3 atom stereocenters. The first-order valence-electron chi connectivity index (χ1n) is 11.4. The minimum Gasteiger partial charge on any atom is -0.379 e. The summed E-state index contributed by atoms with van der Waals surface area (Å²) in [4.78, 5) is 0. The molecular weight excluding hydrogens is 378 g/mol. The maximum atomic E-state index is 6.13. The Morgan fingerprint density at radius 3 is 1.62 bits per heavy atom. The molecule has 0 amide bonds. The Balaban J connectivity index is 6.72. The van der Waals surface area contributed by atoms with Crippen molar-refractivity contribution in [3.8, 4) is 0 Å². The second kappa shape index (κ2) is 10.2. The zero-order valence-corrected chi connectivity index (χ0v) is 23.0. The molecule has 0 aromatic rings. The number of thiol groups is 1. The second-order valence-electron chi connectivity index (χ2n) is 12.4. The Labute approximate surface area is 189 Å². The molecule has 0 radical (unpaired) electrons. The molecule has 0 heterocycles. The van der Waals surface area contributed by atoms with Gasteiger partial charge in [0, 0.05) is 19.8 Å². The molecule has 3 nitrogen and oxygen atoms in total. The van der Waals surface area contributed by atoms with E-state index in [9.17, 15) is 0 Å². The average Bonchev–Trinajstić information content (AvgIpc) is 2.57. The van der Waals surface area contributed by atoms with Crippen LogP contribution in [0.15, 0.2) is 0 Å². The van der Waals surface area contributed by atoms with Crippen LogP contribution >= 0.6 is 12.8 Å². The van der Waals surface area contributed by atoms with Gasteiger partial charge in [0.1, 0.15) is 0 Å². The number of ether oxygens (including phenoxy) is 2. The lowest BCUT2D eigenvalue weighted by molar-refractivity contribution is -0.146. The van der Waals surface area contributed by atoms with E-state index < -0.39 is 0 Å². The fourth-order valence-electron chi connectivity index (χ4n) is 6.38. The molecule has 0 bridgehead atoms. The van der Waals surface area contributed by atoms with E-state index in [1.807, 2.05) is 14.2 Å². The molecule has 0 aromatic heterocycles. The summed E-state index contributed by atoms with van der Waals surface area (Å²) >= 11 is 4.43. The molecule has 0 saturated carbocycles. The van der Waals surface area contributed by atoms with E-state index in [0.29, 0.717) is 17.8 Å². The largest absolute Gasteiger partial charge is 0.379 e. The van der Waals surface area contributed by atoms with Crippen LogP contribution < -0.4 is 4.72 Å². The molecule has 3 unspecified atom stereocenters. The number of methoxy groups -OCH3 is 2. The quantitative estimate of drug-likeness (QED) is 0.303. The molecule has 0 aliphatic rings. The van der Waals surface area contributed by atoms with Crippen LogP contribution in [-0.2, 0) is 9.47 Å². The molecule has 0 fully saturated rings. The van der Waals surface area contributed by atoms with Crippen LogP contribution in [0.4, 0.5) is 0 Å². The summed E-state index contributed by atoms with van der Waals surface area (Å²) in [6.07, 6.45) is 3.14. The lowest BCUT2D eigenvalue weighted by Crippen LogP contribution is -2.55. The topological polar surface area (TPSA) is 30.5 Å². The van der Waals surface area contributed by atoms with Gasteiger partial charge < -0.3 is 9.47 Å². The zero-order chi connectivity index (χ0) is 23.5. The van der Waals surface area contributed by atoms with E-state index in [2.05, 4.69) is 101 Å². The van der Waals surface area contributed by atoms with Crippen molar-refractivity contribution >= 4 is 12.8 Å². The summed E-state index contributed by atoms with van der Waals surface area (Å²) < 4.78 is 15.3. The summed E-state index contributed by atoms with van der Waals surface area (Å²) in [6.45, 7) is 27.9. The van der Waals surface area contributed by atoms with E-state index >= 15 is 0 Å². The molecule has 0 saturated heterocycles. The summed E-state index contributed by atoms with van der Waals surface area (Å²) in [6, 6.07) is 0. The van der Waals surface area contributed by atoms with Gasteiger partial charge in [-0.2, -0.15) is 0 Å². The van der Waals surface area contributed by atoms with Crippen LogP contribution in [0.5, 0.6) is 0 Å². The predicted molar refractivity (Wildman–Crippen MR) is 132 cm³/mol. The molecule has 1 N–H and O–H groups in total. The molecule has 0 aliphatic heterocycles. The molecule has 29 heavy (non-hydrogen) atoms. The van der Waals surface area contributed by atoms with E-state index in [1.165, 1.54) is 0 Å². The fraction of sp³-hybridized carbons (Fsp3) is 1.00. The SMILES string of the molecule is CCC(C)(CC(C)(C)OC)C(C(C(C)C)C(C)(C)OC)C(C)(C)CC(C)(C)NS. The molecule has 0 rings (SSSR count). The molecule has 0 aromatic carbocycles. The van der Waals surface area contributed by atoms with Gasteiger partial charge in [0.05, 0.1) is 11.2 Å². The summed E-state index contributed by atoms with van der Waals surface area (Å²) in [5, 5.41) is 0. The Bertz CT molecular complexity index is 499. The number of rotatable bonds is 13.